The Morgan fingerprint density at radius 3 is 1.38 bits per heavy atom. The van der Waals surface area contributed by atoms with Gasteiger partial charge in [-0.1, -0.05) is 61.1 Å². The molecular weight excluding hydrogens is 404 g/mol. The number of hydrogen-bond acceptors (Lipinski definition) is 4. The molecule has 0 aliphatic carbocycles. The molecule has 0 unspecified atom stereocenters. The minimum atomic E-state index is -0.662. The molecule has 0 aromatic heterocycles. The second-order valence-corrected chi connectivity index (χ2v) is 8.38. The molecule has 0 radical (unpaired) electrons. The molecule has 3 rings (SSSR count). The Hall–Kier alpha value is -3.28. The first kappa shape index (κ1) is 23.4. The summed E-state index contributed by atoms with van der Waals surface area (Å²) < 4.78 is 0. The minimum absolute atomic E-state index is 0.0996. The van der Waals surface area contributed by atoms with E-state index in [4.69, 9.17) is 0 Å². The predicted molar refractivity (Wildman–Crippen MR) is 122 cm³/mol. The van der Waals surface area contributed by atoms with Crippen molar-refractivity contribution in [2.45, 2.75) is 65.2 Å². The van der Waals surface area contributed by atoms with Gasteiger partial charge in [0.1, 0.15) is 0 Å². The zero-order valence-corrected chi connectivity index (χ0v) is 18.8. The number of carbonyl (C=O) groups is 4. The molecule has 1 heterocycles. The summed E-state index contributed by atoms with van der Waals surface area (Å²) in [6.45, 7) is 3.69. The Morgan fingerprint density at radius 2 is 1.00 bits per heavy atom. The highest BCUT2D eigenvalue weighted by Crippen LogP contribution is 2.20. The fourth-order valence-corrected chi connectivity index (χ4v) is 3.90. The number of imide groups is 2. The van der Waals surface area contributed by atoms with Gasteiger partial charge in [0, 0.05) is 24.0 Å². The van der Waals surface area contributed by atoms with Crippen LogP contribution in [-0.4, -0.2) is 33.6 Å². The molecule has 0 N–H and O–H groups in total. The van der Waals surface area contributed by atoms with Crippen LogP contribution in [0.4, 0.5) is 0 Å². The van der Waals surface area contributed by atoms with Crippen LogP contribution in [0.3, 0.4) is 0 Å². The molecule has 2 aromatic rings. The molecule has 32 heavy (non-hydrogen) atoms. The minimum Gasteiger partial charge on any atom is -0.272 e. The van der Waals surface area contributed by atoms with Gasteiger partial charge < -0.3 is 0 Å². The normalized spacial score (nSPS) is 16.3. The summed E-state index contributed by atoms with van der Waals surface area (Å²) in [6, 6.07) is 13.6. The summed E-state index contributed by atoms with van der Waals surface area (Å²) in [7, 11) is 0. The topological polar surface area (TPSA) is 74.8 Å². The van der Waals surface area contributed by atoms with Crippen LogP contribution in [0.25, 0.3) is 0 Å². The van der Waals surface area contributed by atoms with Crippen molar-refractivity contribution in [1.29, 1.82) is 0 Å². The van der Waals surface area contributed by atoms with Gasteiger partial charge >= 0.3 is 0 Å². The zero-order chi connectivity index (χ0) is 23.1. The van der Waals surface area contributed by atoms with E-state index in [1.165, 1.54) is 0 Å². The van der Waals surface area contributed by atoms with E-state index in [0.717, 1.165) is 46.8 Å². The molecule has 2 aromatic carbocycles. The van der Waals surface area contributed by atoms with Crippen LogP contribution in [0.2, 0.25) is 0 Å². The Morgan fingerprint density at radius 1 is 0.625 bits per heavy atom. The van der Waals surface area contributed by atoms with Crippen LogP contribution < -0.4 is 0 Å². The highest BCUT2D eigenvalue weighted by molar-refractivity contribution is 6.12. The lowest BCUT2D eigenvalue weighted by atomic mass is 10.1. The molecule has 0 spiro atoms. The first-order valence-corrected chi connectivity index (χ1v) is 11.3. The average Bonchev–Trinajstić information content (AvgIpc) is 2.77. The van der Waals surface area contributed by atoms with Crippen molar-refractivity contribution in [2.75, 3.05) is 0 Å². The van der Waals surface area contributed by atoms with Crippen molar-refractivity contribution in [3.05, 3.63) is 70.8 Å². The maximum Gasteiger partial charge on any atom is 0.280 e. The standard InChI is InChI=1S/C26H30N2O4/c1-19-11-9-13-21(17-19)25(31)27-23(29)15-7-5-3-4-6-8-16-24(30)28(27)26(32)22-14-10-12-20(2)18-22/h9-14,17-18H,3-8,15-16H2,1-2H3. The quantitative estimate of drug-likeness (QED) is 0.624. The van der Waals surface area contributed by atoms with Crippen LogP contribution in [0.5, 0.6) is 0 Å². The van der Waals surface area contributed by atoms with E-state index in [2.05, 4.69) is 0 Å². The maximum absolute atomic E-state index is 13.5. The van der Waals surface area contributed by atoms with Gasteiger partial charge in [0.2, 0.25) is 11.8 Å². The van der Waals surface area contributed by atoms with Crippen LogP contribution in [0.1, 0.15) is 83.2 Å². The fraction of sp³-hybridized carbons (Fsp3) is 0.385. The largest absolute Gasteiger partial charge is 0.280 e. The maximum atomic E-state index is 13.5. The van der Waals surface area contributed by atoms with Gasteiger partial charge in [-0.25, -0.2) is 0 Å². The first-order valence-electron chi connectivity index (χ1n) is 11.3. The molecule has 4 amide bonds. The van der Waals surface area contributed by atoms with Crippen LogP contribution in [0, 0.1) is 13.8 Å². The molecule has 0 atom stereocenters. The Kier molecular flexibility index (Phi) is 7.92. The SMILES string of the molecule is Cc1cccc(C(=O)N2C(=O)CCCCCCCCC(=O)N2C(=O)c2cccc(C)c2)c1. The van der Waals surface area contributed by atoms with E-state index in [0.29, 0.717) is 12.8 Å². The van der Waals surface area contributed by atoms with Gasteiger partial charge in [-0.15, -0.1) is 0 Å². The average molecular weight is 435 g/mol. The van der Waals surface area contributed by atoms with Crippen molar-refractivity contribution >= 4 is 23.6 Å². The number of hydrogen-bond donors (Lipinski definition) is 0. The number of carbonyl (C=O) groups excluding carboxylic acids is 4. The summed E-state index contributed by atoms with van der Waals surface area (Å²) in [6.07, 6.45) is 5.13. The third-order valence-electron chi connectivity index (χ3n) is 5.62. The van der Waals surface area contributed by atoms with E-state index < -0.39 is 23.6 Å². The highest BCUT2D eigenvalue weighted by Gasteiger charge is 2.37. The van der Waals surface area contributed by atoms with Crippen LogP contribution in [-0.2, 0) is 9.59 Å². The predicted octanol–water partition coefficient (Wildman–Crippen LogP) is 4.99. The van der Waals surface area contributed by atoms with Gasteiger partial charge in [-0.05, 0) is 51.0 Å². The summed E-state index contributed by atoms with van der Waals surface area (Å²) in [4.78, 5) is 53.5. The molecule has 6 heteroatoms. The van der Waals surface area contributed by atoms with Crippen molar-refractivity contribution in [2.24, 2.45) is 0 Å². The number of benzene rings is 2. The van der Waals surface area contributed by atoms with Gasteiger partial charge in [-0.2, -0.15) is 10.0 Å². The molecule has 0 saturated carbocycles. The summed E-state index contributed by atoms with van der Waals surface area (Å²) >= 11 is 0. The lowest BCUT2D eigenvalue weighted by Crippen LogP contribution is -2.55. The second-order valence-electron chi connectivity index (χ2n) is 8.38. The lowest BCUT2D eigenvalue weighted by molar-refractivity contribution is -0.152. The third-order valence-corrected chi connectivity index (χ3v) is 5.62. The number of rotatable bonds is 2. The third kappa shape index (κ3) is 5.69. The molecule has 1 aliphatic heterocycles. The number of nitrogens with zero attached hydrogens (tertiary/aromatic N) is 2. The Bertz CT molecular complexity index is 933. The van der Waals surface area contributed by atoms with E-state index in [1.807, 2.05) is 26.0 Å². The van der Waals surface area contributed by atoms with E-state index in [9.17, 15) is 19.2 Å². The second kappa shape index (κ2) is 10.8. The number of amides is 4. The van der Waals surface area contributed by atoms with Crippen molar-refractivity contribution in [1.82, 2.24) is 10.0 Å². The molecular formula is C26H30N2O4. The van der Waals surface area contributed by atoms with Gasteiger partial charge in [-0.3, -0.25) is 19.2 Å². The first-order chi connectivity index (χ1) is 15.4. The molecule has 1 aliphatic rings. The van der Waals surface area contributed by atoms with E-state index >= 15 is 0 Å². The highest BCUT2D eigenvalue weighted by atomic mass is 16.2. The summed E-state index contributed by atoms with van der Waals surface area (Å²) in [5.74, 6) is -2.40. The van der Waals surface area contributed by atoms with Crippen LogP contribution in [0.15, 0.2) is 48.5 Å². The molecule has 1 fully saturated rings. The van der Waals surface area contributed by atoms with Crippen molar-refractivity contribution < 1.29 is 19.2 Å². The monoisotopic (exact) mass is 434 g/mol. The van der Waals surface area contributed by atoms with Gasteiger partial charge in [0.05, 0.1) is 0 Å². The van der Waals surface area contributed by atoms with Crippen molar-refractivity contribution in [3.63, 3.8) is 0 Å². The number of aryl methyl sites for hydroxylation is 2. The van der Waals surface area contributed by atoms with Crippen molar-refractivity contribution in [3.8, 4) is 0 Å². The van der Waals surface area contributed by atoms with E-state index in [-0.39, 0.29) is 24.0 Å². The van der Waals surface area contributed by atoms with E-state index in [1.54, 1.807) is 36.4 Å². The van der Waals surface area contributed by atoms with Gasteiger partial charge in [0.15, 0.2) is 0 Å². The molecule has 168 valence electrons. The molecule has 0 bridgehead atoms. The van der Waals surface area contributed by atoms with Crippen LogP contribution >= 0.6 is 0 Å². The Labute approximate surface area is 189 Å². The number of hydrazine groups is 1. The fourth-order valence-electron chi connectivity index (χ4n) is 3.90. The summed E-state index contributed by atoms with van der Waals surface area (Å²) in [5, 5.41) is 1.56. The molecule has 1 saturated heterocycles. The zero-order valence-electron chi connectivity index (χ0n) is 18.8. The Balaban J connectivity index is 2.07. The summed E-state index contributed by atoms with van der Waals surface area (Å²) in [5.41, 5.74) is 2.22. The lowest BCUT2D eigenvalue weighted by Gasteiger charge is -2.32. The smallest absolute Gasteiger partial charge is 0.272 e. The molecule has 6 nitrogen and oxygen atoms in total. The van der Waals surface area contributed by atoms with Gasteiger partial charge in [0.25, 0.3) is 11.8 Å².